The monoisotopic (exact) mass is 570 g/mol. The van der Waals surface area contributed by atoms with Crippen molar-refractivity contribution in [3.8, 4) is 0 Å². The van der Waals surface area contributed by atoms with Crippen LogP contribution in [0.4, 0.5) is 0 Å². The maximum atomic E-state index is 13.0. The zero-order valence-electron chi connectivity index (χ0n) is 22.1. The average Bonchev–Trinajstić information content (AvgIpc) is 2.89. The third kappa shape index (κ3) is 5.85. The van der Waals surface area contributed by atoms with Crippen LogP contribution in [0.5, 0.6) is 0 Å². The number of methoxy groups -OCH3 is 1. The van der Waals surface area contributed by atoms with Gasteiger partial charge in [-0.25, -0.2) is 0 Å². The summed E-state index contributed by atoms with van der Waals surface area (Å²) in [5.74, 6) is -0.683. The Morgan fingerprint density at radius 1 is 0.861 bits per heavy atom. The molecule has 4 nitrogen and oxygen atoms in total. The summed E-state index contributed by atoms with van der Waals surface area (Å²) in [6.07, 6.45) is -0.927. The number of aliphatic hydroxyl groups is 1. The van der Waals surface area contributed by atoms with Crippen LogP contribution in [0, 0.1) is 5.92 Å². The average molecular weight is 570 g/mol. The van der Waals surface area contributed by atoms with E-state index in [4.69, 9.17) is 9.16 Å². The number of rotatable bonds is 10. The molecule has 0 aromatic heterocycles. The van der Waals surface area contributed by atoms with Gasteiger partial charge >= 0.3 is 224 Å². The van der Waals surface area contributed by atoms with Gasteiger partial charge in [-0.05, 0) is 0 Å². The maximum absolute atomic E-state index is 13.0. The number of hydrogen-bond donors (Lipinski definition) is 1. The van der Waals surface area contributed by atoms with Crippen LogP contribution in [0.15, 0.2) is 91.0 Å². The summed E-state index contributed by atoms with van der Waals surface area (Å²) in [6.45, 7) is 10.8. The number of benzene rings is 3. The van der Waals surface area contributed by atoms with E-state index in [2.05, 4.69) is 69.3 Å². The first kappa shape index (κ1) is 28.4. The molecular formula is C30H38O4SeSi. The Hall–Kier alpha value is -2.21. The second-order valence-corrected chi connectivity index (χ2v) is 17.9. The van der Waals surface area contributed by atoms with E-state index in [-0.39, 0.29) is 25.9 Å². The van der Waals surface area contributed by atoms with Crippen LogP contribution in [0.1, 0.15) is 34.6 Å². The first-order valence-electron chi connectivity index (χ1n) is 12.3. The van der Waals surface area contributed by atoms with E-state index in [1.54, 1.807) is 0 Å². The van der Waals surface area contributed by atoms with E-state index in [0.29, 0.717) is 6.61 Å². The van der Waals surface area contributed by atoms with Gasteiger partial charge in [-0.2, -0.15) is 0 Å². The molecule has 36 heavy (non-hydrogen) atoms. The molecule has 3 aromatic rings. The van der Waals surface area contributed by atoms with Gasteiger partial charge in [-0.3, -0.25) is 0 Å². The minimum atomic E-state index is -2.75. The fourth-order valence-corrected chi connectivity index (χ4v) is 12.2. The molecule has 0 aliphatic carbocycles. The van der Waals surface area contributed by atoms with Gasteiger partial charge < -0.3 is 0 Å². The van der Waals surface area contributed by atoms with Crippen LogP contribution in [0.2, 0.25) is 9.35 Å². The Labute approximate surface area is 223 Å². The molecule has 192 valence electrons. The Kier molecular flexibility index (Phi) is 9.37. The van der Waals surface area contributed by atoms with E-state index in [0.717, 1.165) is 4.46 Å². The van der Waals surface area contributed by atoms with Crippen LogP contribution >= 0.6 is 0 Å². The number of carbonyl (C=O) groups excluding carboxylic acids is 1. The summed E-state index contributed by atoms with van der Waals surface area (Å²) in [5.41, 5.74) is 0. The molecule has 0 unspecified atom stereocenters. The second kappa shape index (κ2) is 11.9. The van der Waals surface area contributed by atoms with Crippen molar-refractivity contribution in [1.82, 2.24) is 0 Å². The molecule has 6 heteroatoms. The Morgan fingerprint density at radius 2 is 1.31 bits per heavy atom. The summed E-state index contributed by atoms with van der Waals surface area (Å²) in [7, 11) is -1.36. The Balaban J connectivity index is 1.96. The SMILES string of the molecule is COC(=O)[C@](C)([Se]c1ccccc1)[C@@H](O)[C@@H](C)CO[Si](c1ccccc1)(c1ccccc1)C(C)(C)C. The first-order valence-corrected chi connectivity index (χ1v) is 15.9. The van der Waals surface area contributed by atoms with Gasteiger partial charge in [0.15, 0.2) is 0 Å². The van der Waals surface area contributed by atoms with Crippen LogP contribution in [-0.4, -0.2) is 54.2 Å². The van der Waals surface area contributed by atoms with Crippen molar-refractivity contribution in [2.75, 3.05) is 13.7 Å². The van der Waals surface area contributed by atoms with Crippen molar-refractivity contribution in [3.05, 3.63) is 91.0 Å². The van der Waals surface area contributed by atoms with Crippen LogP contribution in [-0.2, 0) is 14.0 Å². The van der Waals surface area contributed by atoms with E-state index < -0.39 is 24.7 Å². The molecule has 0 saturated heterocycles. The molecule has 0 fully saturated rings. The van der Waals surface area contributed by atoms with Gasteiger partial charge in [0.1, 0.15) is 0 Å². The number of aliphatic hydroxyl groups excluding tert-OH is 1. The molecule has 3 rings (SSSR count). The molecule has 0 aliphatic heterocycles. The summed E-state index contributed by atoms with van der Waals surface area (Å²) in [5, 5.41) is 13.8. The molecule has 0 aliphatic rings. The van der Waals surface area contributed by atoms with Crippen molar-refractivity contribution < 1.29 is 19.1 Å². The van der Waals surface area contributed by atoms with Crippen LogP contribution < -0.4 is 14.8 Å². The molecule has 1 N–H and O–H groups in total. The third-order valence-corrected chi connectivity index (χ3v) is 14.6. The quantitative estimate of drug-likeness (QED) is 0.297. The Morgan fingerprint density at radius 3 is 1.72 bits per heavy atom. The molecule has 0 bridgehead atoms. The van der Waals surface area contributed by atoms with Crippen LogP contribution in [0.3, 0.4) is 0 Å². The van der Waals surface area contributed by atoms with Crippen molar-refractivity contribution in [2.45, 2.75) is 50.1 Å². The summed E-state index contributed by atoms with van der Waals surface area (Å²) >= 11 is -0.327. The van der Waals surface area contributed by atoms with Gasteiger partial charge in [0.05, 0.1) is 0 Å². The van der Waals surface area contributed by atoms with Gasteiger partial charge in [0, 0.05) is 0 Å². The molecule has 0 spiro atoms. The molecule has 0 saturated carbocycles. The summed E-state index contributed by atoms with van der Waals surface area (Å²) in [6, 6.07) is 30.8. The van der Waals surface area contributed by atoms with Crippen molar-refractivity contribution >= 4 is 44.1 Å². The van der Waals surface area contributed by atoms with Gasteiger partial charge in [0.25, 0.3) is 0 Å². The van der Waals surface area contributed by atoms with E-state index in [1.165, 1.54) is 17.5 Å². The summed E-state index contributed by atoms with van der Waals surface area (Å²) < 4.78 is 12.2. The van der Waals surface area contributed by atoms with E-state index >= 15 is 0 Å². The number of ether oxygens (including phenoxy) is 1. The predicted octanol–water partition coefficient (Wildman–Crippen LogP) is 3.94. The zero-order chi connectivity index (χ0) is 26.4. The normalized spacial score (nSPS) is 15.5. The van der Waals surface area contributed by atoms with Gasteiger partial charge in [-0.1, -0.05) is 0 Å². The van der Waals surface area contributed by atoms with Crippen molar-refractivity contribution in [1.29, 1.82) is 0 Å². The fraction of sp³-hybridized carbons (Fsp3) is 0.367. The minimum absolute atomic E-state index is 0.167. The van der Waals surface area contributed by atoms with Crippen LogP contribution in [0.25, 0.3) is 0 Å². The fourth-order valence-electron chi connectivity index (χ4n) is 4.81. The van der Waals surface area contributed by atoms with E-state index in [9.17, 15) is 9.90 Å². The van der Waals surface area contributed by atoms with Crippen molar-refractivity contribution in [3.63, 3.8) is 0 Å². The van der Waals surface area contributed by atoms with Crippen molar-refractivity contribution in [2.24, 2.45) is 5.92 Å². The number of hydrogen-bond acceptors (Lipinski definition) is 4. The first-order chi connectivity index (χ1) is 17.1. The standard InChI is InChI=1S/C30H38O4SeSi/c1-23(27(31)30(5,28(32)33-6)35-24-16-10-7-11-17-24)22-34-36(29(2,3)4,25-18-12-8-13-19-25)26-20-14-9-15-21-26/h7-21,23,27,31H,22H2,1-6H3/t23-,27-,30+/m0/s1. The number of carbonyl (C=O) groups is 1. The molecule has 3 atom stereocenters. The molecule has 0 radical (unpaired) electrons. The summed E-state index contributed by atoms with van der Waals surface area (Å²) in [4.78, 5) is 13.0. The molecule has 0 amide bonds. The molecule has 0 heterocycles. The van der Waals surface area contributed by atoms with Gasteiger partial charge in [0.2, 0.25) is 0 Å². The zero-order valence-corrected chi connectivity index (χ0v) is 24.8. The number of esters is 1. The third-order valence-electron chi connectivity index (χ3n) is 6.75. The molecular weight excluding hydrogens is 531 g/mol. The topological polar surface area (TPSA) is 55.8 Å². The van der Waals surface area contributed by atoms with E-state index in [1.807, 2.05) is 56.3 Å². The van der Waals surface area contributed by atoms with Gasteiger partial charge in [-0.15, -0.1) is 0 Å². The Bertz CT molecular complexity index is 1060. The molecule has 3 aromatic carbocycles. The predicted molar refractivity (Wildman–Crippen MR) is 151 cm³/mol. The second-order valence-electron chi connectivity index (χ2n) is 10.4.